The lowest BCUT2D eigenvalue weighted by Gasteiger charge is -2.36. The molecule has 1 saturated heterocycles. The fourth-order valence-electron chi connectivity index (χ4n) is 2.25. The highest BCUT2D eigenvalue weighted by atomic mass is 28.3. The summed E-state index contributed by atoms with van der Waals surface area (Å²) < 4.78 is 5.87. The summed E-state index contributed by atoms with van der Waals surface area (Å²) >= 11 is 0. The van der Waals surface area contributed by atoms with E-state index < -0.39 is 8.07 Å². The molecule has 0 aromatic heterocycles. The van der Waals surface area contributed by atoms with Crippen LogP contribution >= 0.6 is 0 Å². The van der Waals surface area contributed by atoms with E-state index in [-0.39, 0.29) is 12.2 Å². The second-order valence-electron chi connectivity index (χ2n) is 5.89. The summed E-state index contributed by atoms with van der Waals surface area (Å²) in [5.41, 5.74) is 3.92. The molecule has 0 aromatic carbocycles. The zero-order chi connectivity index (χ0) is 13.1. The summed E-state index contributed by atoms with van der Waals surface area (Å²) in [5, 5.41) is 8.85. The van der Waals surface area contributed by atoms with Crippen LogP contribution in [0.4, 0.5) is 0 Å². The molecule has 94 valence electrons. The molecule has 0 saturated carbocycles. The van der Waals surface area contributed by atoms with Gasteiger partial charge in [0, 0.05) is 5.92 Å². The van der Waals surface area contributed by atoms with Gasteiger partial charge in [0.15, 0.2) is 0 Å². The number of hydrogen-bond donors (Lipinski definition) is 0. The Bertz CT molecular complexity index is 348. The first-order valence-corrected chi connectivity index (χ1v) is 9.81. The Morgan fingerprint density at radius 1 is 1.53 bits per heavy atom. The molecule has 2 nitrogen and oxygen atoms in total. The number of rotatable bonds is 3. The normalized spacial score (nSPS) is 32.2. The molecular weight excluding hydrogens is 226 g/mol. The van der Waals surface area contributed by atoms with Crippen LogP contribution in [0.15, 0.2) is 23.9 Å². The quantitative estimate of drug-likeness (QED) is 0.564. The summed E-state index contributed by atoms with van der Waals surface area (Å²) in [6, 6.07) is 2.22. The van der Waals surface area contributed by atoms with E-state index in [2.05, 4.69) is 44.9 Å². The molecule has 0 N–H and O–H groups in total. The third-order valence-electron chi connectivity index (χ3n) is 3.10. The van der Waals surface area contributed by atoms with E-state index in [1.54, 1.807) is 0 Å². The minimum Gasteiger partial charge on any atom is -0.369 e. The van der Waals surface area contributed by atoms with Gasteiger partial charge in [0.2, 0.25) is 0 Å². The smallest absolute Gasteiger partial charge is 0.0794 e. The van der Waals surface area contributed by atoms with Crippen LogP contribution in [0.25, 0.3) is 0 Å². The molecule has 0 bridgehead atoms. The van der Waals surface area contributed by atoms with Crippen molar-refractivity contribution in [3.63, 3.8) is 0 Å². The first-order valence-electron chi connectivity index (χ1n) is 6.24. The maximum absolute atomic E-state index is 8.85. The molecule has 0 radical (unpaired) electrons. The Hall–Kier alpha value is -0.853. The van der Waals surface area contributed by atoms with Crippen LogP contribution in [0.1, 0.15) is 19.8 Å². The third-order valence-corrected chi connectivity index (χ3v) is 4.34. The largest absolute Gasteiger partial charge is 0.369 e. The molecule has 3 atom stereocenters. The topological polar surface area (TPSA) is 33.0 Å². The van der Waals surface area contributed by atoms with E-state index in [0.29, 0.717) is 12.3 Å². The molecule has 1 fully saturated rings. The molecule has 0 aliphatic carbocycles. The fraction of sp³-hybridized carbons (Fsp3) is 0.643. The van der Waals surface area contributed by atoms with Crippen LogP contribution in [0, 0.1) is 17.2 Å². The summed E-state index contributed by atoms with van der Waals surface area (Å²) in [7, 11) is -1.22. The standard InChI is InChI=1S/C14H23NOSi/c1-6-13-9-12(10-17(3,4)5)11(2)14(16-13)7-8-15/h6,10-11,13-14H,1,7,9H2,2-5H3/b12-10-/t11-,13+,14-/m1/s1. The summed E-state index contributed by atoms with van der Waals surface area (Å²) in [5.74, 6) is 0.359. The molecule has 0 aromatic rings. The zero-order valence-electron chi connectivity index (χ0n) is 11.4. The van der Waals surface area contributed by atoms with Crippen molar-refractivity contribution < 1.29 is 4.74 Å². The maximum Gasteiger partial charge on any atom is 0.0794 e. The van der Waals surface area contributed by atoms with Crippen molar-refractivity contribution in [3.8, 4) is 6.07 Å². The van der Waals surface area contributed by atoms with Crippen molar-refractivity contribution in [3.05, 3.63) is 23.9 Å². The summed E-state index contributed by atoms with van der Waals surface area (Å²) in [4.78, 5) is 0. The van der Waals surface area contributed by atoms with Crippen LogP contribution in [0.5, 0.6) is 0 Å². The van der Waals surface area contributed by atoms with Gasteiger partial charge in [-0.3, -0.25) is 0 Å². The molecule has 0 unspecified atom stereocenters. The van der Waals surface area contributed by atoms with Crippen molar-refractivity contribution >= 4 is 8.07 Å². The number of hydrogen-bond acceptors (Lipinski definition) is 2. The van der Waals surface area contributed by atoms with Gasteiger partial charge in [0.25, 0.3) is 0 Å². The highest BCUT2D eigenvalue weighted by Crippen LogP contribution is 2.33. The van der Waals surface area contributed by atoms with Crippen molar-refractivity contribution in [1.82, 2.24) is 0 Å². The monoisotopic (exact) mass is 249 g/mol. The van der Waals surface area contributed by atoms with Crippen LogP contribution in [-0.2, 0) is 4.74 Å². The number of nitrogens with zero attached hydrogens (tertiary/aromatic N) is 1. The van der Waals surface area contributed by atoms with E-state index in [4.69, 9.17) is 10.00 Å². The minimum absolute atomic E-state index is 0.0272. The van der Waals surface area contributed by atoms with Gasteiger partial charge in [-0.1, -0.05) is 43.9 Å². The van der Waals surface area contributed by atoms with Crippen LogP contribution in [-0.4, -0.2) is 20.3 Å². The third kappa shape index (κ3) is 4.14. The lowest BCUT2D eigenvalue weighted by atomic mass is 9.87. The Labute approximate surface area is 106 Å². The van der Waals surface area contributed by atoms with Gasteiger partial charge < -0.3 is 4.74 Å². The SMILES string of the molecule is C=C[C@H]1C/C(=C/[Si](C)(C)C)[C@@H](C)[C@@H](CC#N)O1. The summed E-state index contributed by atoms with van der Waals surface area (Å²) in [6.45, 7) is 13.0. The Balaban J connectivity index is 2.93. The van der Waals surface area contributed by atoms with Gasteiger partial charge in [-0.2, -0.15) is 5.26 Å². The number of nitriles is 1. The van der Waals surface area contributed by atoms with Gasteiger partial charge in [-0.15, -0.1) is 6.58 Å². The lowest BCUT2D eigenvalue weighted by Crippen LogP contribution is -2.35. The van der Waals surface area contributed by atoms with E-state index >= 15 is 0 Å². The molecule has 1 aliphatic heterocycles. The summed E-state index contributed by atoms with van der Waals surface area (Å²) in [6.07, 6.45) is 3.37. The van der Waals surface area contributed by atoms with Gasteiger partial charge in [0.05, 0.1) is 32.8 Å². The van der Waals surface area contributed by atoms with Crippen molar-refractivity contribution in [1.29, 1.82) is 5.26 Å². The van der Waals surface area contributed by atoms with E-state index in [0.717, 1.165) is 6.42 Å². The van der Waals surface area contributed by atoms with Gasteiger partial charge >= 0.3 is 0 Å². The predicted molar refractivity (Wildman–Crippen MR) is 74.3 cm³/mol. The van der Waals surface area contributed by atoms with Crippen LogP contribution < -0.4 is 0 Å². The molecule has 17 heavy (non-hydrogen) atoms. The average Bonchev–Trinajstić information content (AvgIpc) is 2.22. The van der Waals surface area contributed by atoms with Crippen LogP contribution in [0.2, 0.25) is 19.6 Å². The first kappa shape index (κ1) is 14.2. The molecule has 1 rings (SSSR count). The Kier molecular flexibility index (Phi) is 4.73. The zero-order valence-corrected chi connectivity index (χ0v) is 12.4. The Morgan fingerprint density at radius 2 is 2.18 bits per heavy atom. The Morgan fingerprint density at radius 3 is 2.65 bits per heavy atom. The predicted octanol–water partition coefficient (Wildman–Crippen LogP) is 3.68. The minimum atomic E-state index is -1.22. The lowest BCUT2D eigenvalue weighted by molar-refractivity contribution is -0.0296. The van der Waals surface area contributed by atoms with Gasteiger partial charge in [0.1, 0.15) is 0 Å². The van der Waals surface area contributed by atoms with E-state index in [9.17, 15) is 0 Å². The first-order chi connectivity index (χ1) is 7.87. The fourth-order valence-corrected chi connectivity index (χ4v) is 3.74. The molecule has 1 aliphatic rings. The molecule has 1 heterocycles. The molecule has 0 spiro atoms. The van der Waals surface area contributed by atoms with E-state index in [1.807, 2.05) is 6.08 Å². The van der Waals surface area contributed by atoms with Crippen molar-refractivity contribution in [2.75, 3.05) is 0 Å². The second-order valence-corrected chi connectivity index (χ2v) is 10.9. The molecule has 0 amide bonds. The van der Waals surface area contributed by atoms with E-state index in [1.165, 1.54) is 5.57 Å². The number of ether oxygens (including phenoxy) is 1. The molecular formula is C14H23NOSi. The molecule has 3 heteroatoms. The van der Waals surface area contributed by atoms with Crippen molar-refractivity contribution in [2.24, 2.45) is 5.92 Å². The van der Waals surface area contributed by atoms with Gasteiger partial charge in [-0.25, -0.2) is 0 Å². The highest BCUT2D eigenvalue weighted by molar-refractivity contribution is 6.81. The average molecular weight is 249 g/mol. The highest BCUT2D eigenvalue weighted by Gasteiger charge is 2.31. The maximum atomic E-state index is 8.85. The second kappa shape index (κ2) is 5.66. The van der Waals surface area contributed by atoms with Crippen LogP contribution in [0.3, 0.4) is 0 Å². The van der Waals surface area contributed by atoms with Crippen molar-refractivity contribution in [2.45, 2.75) is 51.6 Å². The van der Waals surface area contributed by atoms with Gasteiger partial charge in [-0.05, 0) is 6.42 Å².